The minimum atomic E-state index is -3.21. The monoisotopic (exact) mass is 317 g/mol. The molecule has 1 amide bonds. The van der Waals surface area contributed by atoms with Gasteiger partial charge in [-0.25, -0.2) is 8.78 Å². The zero-order valence-electron chi connectivity index (χ0n) is 11.7. The minimum absolute atomic E-state index is 0.176. The van der Waals surface area contributed by atoms with Crippen molar-refractivity contribution in [3.05, 3.63) is 22.5 Å². The van der Waals surface area contributed by atoms with E-state index in [1.54, 1.807) is 0 Å². The number of nitrogens with zero attached hydrogens (tertiary/aromatic N) is 5. The molecular formula is C11H13F2N5O4. The fourth-order valence-corrected chi connectivity index (χ4v) is 2.08. The van der Waals surface area contributed by atoms with Crippen molar-refractivity contribution in [3.8, 4) is 0 Å². The summed E-state index contributed by atoms with van der Waals surface area (Å²) in [5.74, 6) is -0.947. The van der Waals surface area contributed by atoms with E-state index in [4.69, 9.17) is 0 Å². The van der Waals surface area contributed by atoms with Crippen LogP contribution in [0.15, 0.2) is 17.5 Å². The lowest BCUT2D eigenvalue weighted by Gasteiger charge is -2.31. The number of hydrogen-bond acceptors (Lipinski definition) is 6. The van der Waals surface area contributed by atoms with Gasteiger partial charge < -0.3 is 5.11 Å². The number of rotatable bonds is 4. The van der Waals surface area contributed by atoms with Gasteiger partial charge in [0.2, 0.25) is 5.72 Å². The van der Waals surface area contributed by atoms with Crippen LogP contribution in [0.1, 0.15) is 26.3 Å². The van der Waals surface area contributed by atoms with E-state index in [0.717, 1.165) is 17.1 Å². The molecule has 22 heavy (non-hydrogen) atoms. The number of hydrazone groups is 1. The lowest BCUT2D eigenvalue weighted by Crippen LogP contribution is -2.53. The van der Waals surface area contributed by atoms with Gasteiger partial charge in [-0.05, 0) is 13.8 Å². The molecule has 0 saturated carbocycles. The van der Waals surface area contributed by atoms with Gasteiger partial charge >= 0.3 is 5.69 Å². The van der Waals surface area contributed by atoms with Crippen molar-refractivity contribution in [2.24, 2.45) is 5.10 Å². The second-order valence-corrected chi connectivity index (χ2v) is 4.95. The van der Waals surface area contributed by atoms with Crippen LogP contribution in [0.3, 0.4) is 0 Å². The van der Waals surface area contributed by atoms with E-state index in [1.807, 2.05) is 0 Å². The standard InChI is InChI=1S/C11H13F2N5O4/c1-6-3-11(20,10(12)13)17(15-6)9(19)7(2)16-5-8(4-14-16)18(21)22/h4-5,7,10,20H,3H2,1-2H3/t7-,11-/m1/s1. The molecule has 0 saturated heterocycles. The summed E-state index contributed by atoms with van der Waals surface area (Å²) < 4.78 is 27.1. The van der Waals surface area contributed by atoms with Gasteiger partial charge in [-0.15, -0.1) is 0 Å². The Morgan fingerprint density at radius 3 is 2.73 bits per heavy atom. The molecular weight excluding hydrogens is 304 g/mol. The SMILES string of the molecule is CC1=NN(C(=O)[C@@H](C)n2cc([N+](=O)[O-])cn2)[C@](O)(C(F)F)C1. The molecule has 2 rings (SSSR count). The van der Waals surface area contributed by atoms with E-state index >= 15 is 0 Å². The fourth-order valence-electron chi connectivity index (χ4n) is 2.08. The third-order valence-electron chi connectivity index (χ3n) is 3.26. The van der Waals surface area contributed by atoms with E-state index in [1.165, 1.54) is 13.8 Å². The molecule has 2 heterocycles. The second kappa shape index (κ2) is 5.40. The number of aliphatic hydroxyl groups is 1. The normalized spacial score (nSPS) is 22.8. The summed E-state index contributed by atoms with van der Waals surface area (Å²) in [7, 11) is 0. The van der Waals surface area contributed by atoms with Gasteiger partial charge in [-0.3, -0.25) is 19.6 Å². The van der Waals surface area contributed by atoms with Crippen LogP contribution < -0.4 is 0 Å². The quantitative estimate of drug-likeness (QED) is 0.655. The molecule has 0 aliphatic carbocycles. The topological polar surface area (TPSA) is 114 Å². The van der Waals surface area contributed by atoms with Gasteiger partial charge in [0.15, 0.2) is 0 Å². The van der Waals surface area contributed by atoms with Crippen molar-refractivity contribution >= 4 is 17.3 Å². The molecule has 2 atom stereocenters. The number of carbonyl (C=O) groups excluding carboxylic acids is 1. The second-order valence-electron chi connectivity index (χ2n) is 4.95. The molecule has 0 radical (unpaired) electrons. The zero-order valence-corrected chi connectivity index (χ0v) is 11.7. The lowest BCUT2D eigenvalue weighted by molar-refractivity contribution is -0.385. The lowest BCUT2D eigenvalue weighted by atomic mass is 10.1. The van der Waals surface area contributed by atoms with Crippen LogP contribution in [-0.2, 0) is 4.79 Å². The highest BCUT2D eigenvalue weighted by Gasteiger charge is 2.51. The van der Waals surface area contributed by atoms with Crippen molar-refractivity contribution in [2.75, 3.05) is 0 Å². The first-order chi connectivity index (χ1) is 10.2. The van der Waals surface area contributed by atoms with E-state index in [0.29, 0.717) is 5.01 Å². The molecule has 1 N–H and O–H groups in total. The Balaban J connectivity index is 2.27. The molecule has 0 unspecified atom stereocenters. The first kappa shape index (κ1) is 15.9. The molecule has 1 aromatic rings. The minimum Gasteiger partial charge on any atom is -0.364 e. The summed E-state index contributed by atoms with van der Waals surface area (Å²) in [4.78, 5) is 22.2. The third kappa shape index (κ3) is 2.54. The first-order valence-electron chi connectivity index (χ1n) is 6.24. The average molecular weight is 317 g/mol. The number of carbonyl (C=O) groups is 1. The van der Waals surface area contributed by atoms with Crippen LogP contribution in [0.25, 0.3) is 0 Å². The van der Waals surface area contributed by atoms with E-state index in [2.05, 4.69) is 10.2 Å². The summed E-state index contributed by atoms with van der Waals surface area (Å²) in [6.45, 7) is 2.72. The summed E-state index contributed by atoms with van der Waals surface area (Å²) in [6.07, 6.45) is -1.75. The fraction of sp³-hybridized carbons (Fsp3) is 0.545. The van der Waals surface area contributed by atoms with Crippen molar-refractivity contribution in [1.29, 1.82) is 0 Å². The zero-order chi connectivity index (χ0) is 16.7. The highest BCUT2D eigenvalue weighted by molar-refractivity contribution is 5.90. The maximum absolute atomic E-state index is 13.1. The first-order valence-corrected chi connectivity index (χ1v) is 6.24. The van der Waals surface area contributed by atoms with Crippen LogP contribution in [0.5, 0.6) is 0 Å². The predicted octanol–water partition coefficient (Wildman–Crippen LogP) is 0.914. The van der Waals surface area contributed by atoms with Crippen LogP contribution in [0, 0.1) is 10.1 Å². The number of alkyl halides is 2. The van der Waals surface area contributed by atoms with Crippen molar-refractivity contribution < 1.29 is 23.6 Å². The van der Waals surface area contributed by atoms with Crippen molar-refractivity contribution in [3.63, 3.8) is 0 Å². The third-order valence-corrected chi connectivity index (χ3v) is 3.26. The molecule has 0 spiro atoms. The molecule has 0 fully saturated rings. The Bertz CT molecular complexity index is 646. The Morgan fingerprint density at radius 1 is 1.59 bits per heavy atom. The molecule has 11 heteroatoms. The van der Waals surface area contributed by atoms with Gasteiger partial charge in [-0.2, -0.15) is 15.2 Å². The van der Waals surface area contributed by atoms with Crippen LogP contribution in [-0.4, -0.2) is 48.6 Å². The Hall–Kier alpha value is -2.43. The van der Waals surface area contributed by atoms with Crippen LogP contribution in [0.4, 0.5) is 14.5 Å². The molecule has 1 aliphatic rings. The van der Waals surface area contributed by atoms with Crippen molar-refractivity contribution in [2.45, 2.75) is 38.5 Å². The van der Waals surface area contributed by atoms with Gasteiger partial charge in [0, 0.05) is 12.1 Å². The smallest absolute Gasteiger partial charge is 0.307 e. The number of aromatic nitrogens is 2. The maximum Gasteiger partial charge on any atom is 0.307 e. The van der Waals surface area contributed by atoms with Gasteiger partial charge in [0.05, 0.1) is 4.92 Å². The molecule has 0 aromatic carbocycles. The molecule has 1 aliphatic heterocycles. The molecule has 0 bridgehead atoms. The predicted molar refractivity (Wildman–Crippen MR) is 69.1 cm³/mol. The largest absolute Gasteiger partial charge is 0.364 e. The highest BCUT2D eigenvalue weighted by Crippen LogP contribution is 2.33. The van der Waals surface area contributed by atoms with Crippen LogP contribution >= 0.6 is 0 Å². The molecule has 120 valence electrons. The van der Waals surface area contributed by atoms with Crippen molar-refractivity contribution in [1.82, 2.24) is 14.8 Å². The number of nitro groups is 1. The molecule has 9 nitrogen and oxygen atoms in total. The molecule has 1 aromatic heterocycles. The van der Waals surface area contributed by atoms with Gasteiger partial charge in [0.1, 0.15) is 18.4 Å². The summed E-state index contributed by atoms with van der Waals surface area (Å²) in [5.41, 5.74) is -2.88. The highest BCUT2D eigenvalue weighted by atomic mass is 19.3. The van der Waals surface area contributed by atoms with E-state index in [9.17, 15) is 28.8 Å². The van der Waals surface area contributed by atoms with E-state index < -0.39 is 35.4 Å². The summed E-state index contributed by atoms with van der Waals surface area (Å²) >= 11 is 0. The summed E-state index contributed by atoms with van der Waals surface area (Å²) in [6, 6.07) is -1.14. The van der Waals surface area contributed by atoms with E-state index in [-0.39, 0.29) is 11.4 Å². The Kier molecular flexibility index (Phi) is 3.92. The van der Waals surface area contributed by atoms with Crippen LogP contribution in [0.2, 0.25) is 0 Å². The maximum atomic E-state index is 13.1. The van der Waals surface area contributed by atoms with Gasteiger partial charge in [-0.1, -0.05) is 0 Å². The Morgan fingerprint density at radius 2 is 2.23 bits per heavy atom. The number of amides is 1. The Labute approximate surface area is 123 Å². The summed E-state index contributed by atoms with van der Waals surface area (Å²) in [5, 5.41) is 28.2. The van der Waals surface area contributed by atoms with Gasteiger partial charge in [0.25, 0.3) is 12.3 Å². The number of halogens is 2. The average Bonchev–Trinajstić information content (AvgIpc) is 3.02. The number of hydrogen-bond donors (Lipinski definition) is 1.